The standard InChI is InChI=1S/C24H23FN4O2.3C24H25N5O2/c1-15-6-9-22(26-11-15)31-21-10-16-7-8-20(21)29(14-16)24(30)19-5-3-2-4-18(19)23-27-12-17(25)13-28-23;1-15-4-9-21(27-13-15)31-20-12-17-6-8-19(20)29(14-17)24(30)18-7-5-16(2)28-22(18)23-25-10-3-11-26-23;1-15-4-9-21(27-13-15)31-20-12-17-6-8-19(20)29(14-17)24(30)22-18(7-5-16(2)28-22)23-25-10-3-11-26-23;1-15-4-7-21(27-12-15)31-20-11-17-5-6-19(20)29(14-17)24(30)18-10-16(2)13-28-22(18)23-25-8-3-9-26-23/h2-6,9,11-13,16,20-21H,7-8,10,14H2,1H3;2*3-5,7,9-11,13,17,19-20H,6,8,12,14H2,1-2H3;3-4,7-10,12-13,17,19-20H,5-6,11,14H2,1-2H3. The second kappa shape index (κ2) is 37.1. The van der Waals surface area contributed by atoms with E-state index in [0.717, 1.165) is 148 Å². The number of carbonyl (C=O) groups is 4. The summed E-state index contributed by atoms with van der Waals surface area (Å²) in [6, 6.07) is 37.5. The molecular formula is C96H98FN19O8. The minimum absolute atomic E-state index is 0.00690. The average molecular weight is 1660 g/mol. The Bertz CT molecular complexity index is 5590. The van der Waals surface area contributed by atoms with Gasteiger partial charge in [-0.05, 0) is 232 Å². The monoisotopic (exact) mass is 1660 g/mol. The number of amides is 4. The molecule has 4 aliphatic carbocycles. The van der Waals surface area contributed by atoms with Crippen LogP contribution in [0.25, 0.3) is 45.8 Å². The number of rotatable bonds is 16. The summed E-state index contributed by atoms with van der Waals surface area (Å²) in [6.07, 6.45) is 32.9. The Morgan fingerprint density at radius 1 is 0.315 bits per heavy atom. The van der Waals surface area contributed by atoms with Gasteiger partial charge in [-0.1, -0.05) is 42.5 Å². The smallest absolute Gasteiger partial charge is 0.273 e. The van der Waals surface area contributed by atoms with E-state index in [0.29, 0.717) is 122 Å². The molecule has 24 rings (SSSR count). The summed E-state index contributed by atoms with van der Waals surface area (Å²) in [6.45, 7) is 16.7. The fourth-order valence-electron chi connectivity index (χ4n) is 18.6. The number of halogens is 1. The highest BCUT2D eigenvalue weighted by Crippen LogP contribution is 2.44. The molecule has 4 saturated carbocycles. The lowest BCUT2D eigenvalue weighted by Gasteiger charge is -2.49. The predicted molar refractivity (Wildman–Crippen MR) is 460 cm³/mol. The van der Waals surface area contributed by atoms with Gasteiger partial charge in [0.1, 0.15) is 41.5 Å². The second-order valence-electron chi connectivity index (χ2n) is 33.7. The SMILES string of the molecule is Cc1ccc(OC2CC3CCC2N(C(=O)c2cc(C)cnc2-c2ncccn2)C3)nc1.Cc1ccc(OC2CC3CCC2N(C(=O)c2ccc(C)nc2-c2ncccn2)C3)nc1.Cc1ccc(OC2CC3CCC2N(C(=O)c2ccccc2-c2ncc(F)cn2)C3)nc1.Cc1ccc(OC2CC3CCC2N(C(=O)c2nc(C)ccc2-c2ncccn2)C3)nc1. The molecule has 8 saturated heterocycles. The van der Waals surface area contributed by atoms with Crippen molar-refractivity contribution in [3.63, 3.8) is 0 Å². The molecule has 8 bridgehead atoms. The normalized spacial score (nSPS) is 22.4. The Morgan fingerprint density at radius 2 is 0.677 bits per heavy atom. The highest BCUT2D eigenvalue weighted by molar-refractivity contribution is 6.02. The first kappa shape index (κ1) is 82.9. The fraction of sp³-hybridized carbons (Fsp3) is 0.365. The molecule has 1 aromatic carbocycles. The van der Waals surface area contributed by atoms with Gasteiger partial charge in [0.2, 0.25) is 23.5 Å². The molecule has 12 unspecified atom stereocenters. The summed E-state index contributed by atoms with van der Waals surface area (Å²) in [5.74, 6) is 5.19. The van der Waals surface area contributed by atoms with Crippen LogP contribution in [-0.4, -0.2) is 193 Å². The lowest BCUT2D eigenvalue weighted by molar-refractivity contribution is -0.0315. The number of pyridine rings is 7. The van der Waals surface area contributed by atoms with E-state index in [4.69, 9.17) is 18.9 Å². The first-order chi connectivity index (χ1) is 60.3. The van der Waals surface area contributed by atoms with Crippen molar-refractivity contribution in [1.82, 2.24) is 94.4 Å². The average Bonchev–Trinajstić information content (AvgIpc) is 0.779. The summed E-state index contributed by atoms with van der Waals surface area (Å²) in [5, 5.41) is 0. The molecule has 12 atom stereocenters. The summed E-state index contributed by atoms with van der Waals surface area (Å²) in [5.41, 5.74) is 11.2. The molecule has 12 aromatic rings. The Hall–Kier alpha value is -13.4. The van der Waals surface area contributed by atoms with Crippen LogP contribution in [0.3, 0.4) is 0 Å². The van der Waals surface area contributed by atoms with E-state index < -0.39 is 5.82 Å². The summed E-state index contributed by atoms with van der Waals surface area (Å²) in [7, 11) is 0. The molecule has 4 amide bonds. The van der Waals surface area contributed by atoms with Crippen LogP contribution >= 0.6 is 0 Å². The number of hydrogen-bond donors (Lipinski definition) is 0. The van der Waals surface area contributed by atoms with Gasteiger partial charge in [0.25, 0.3) is 23.6 Å². The molecule has 19 heterocycles. The molecule has 27 nitrogen and oxygen atoms in total. The molecule has 12 fully saturated rings. The van der Waals surface area contributed by atoms with E-state index in [9.17, 15) is 23.6 Å². The van der Waals surface area contributed by atoms with Crippen molar-refractivity contribution in [2.45, 2.75) is 174 Å². The Kier molecular flexibility index (Phi) is 24.8. The number of fused-ring (bicyclic) bond motifs is 12. The molecule has 632 valence electrons. The Balaban J connectivity index is 0.000000117. The van der Waals surface area contributed by atoms with Crippen LogP contribution < -0.4 is 18.9 Å². The molecule has 0 spiro atoms. The van der Waals surface area contributed by atoms with Gasteiger partial charge < -0.3 is 38.5 Å². The van der Waals surface area contributed by atoms with Crippen LogP contribution in [0.4, 0.5) is 4.39 Å². The van der Waals surface area contributed by atoms with Crippen molar-refractivity contribution >= 4 is 23.6 Å². The van der Waals surface area contributed by atoms with Crippen molar-refractivity contribution in [2.24, 2.45) is 23.7 Å². The maximum Gasteiger partial charge on any atom is 0.273 e. The molecule has 11 aromatic heterocycles. The first-order valence-electron chi connectivity index (χ1n) is 42.8. The van der Waals surface area contributed by atoms with Crippen molar-refractivity contribution in [3.8, 4) is 69.3 Å². The number of benzene rings is 1. The van der Waals surface area contributed by atoms with Crippen molar-refractivity contribution in [3.05, 3.63) is 269 Å². The van der Waals surface area contributed by atoms with Crippen LogP contribution in [0.2, 0.25) is 0 Å². The van der Waals surface area contributed by atoms with Gasteiger partial charge >= 0.3 is 0 Å². The number of carbonyl (C=O) groups excluding carboxylic acids is 4. The largest absolute Gasteiger partial charge is 0.472 e. The van der Waals surface area contributed by atoms with Gasteiger partial charge in [-0.25, -0.2) is 74.2 Å². The van der Waals surface area contributed by atoms with Gasteiger partial charge in [0, 0.05) is 136 Å². The van der Waals surface area contributed by atoms with Crippen LogP contribution in [0.5, 0.6) is 23.5 Å². The van der Waals surface area contributed by atoms with Crippen LogP contribution in [-0.2, 0) is 0 Å². The number of nitrogens with zero attached hydrogens (tertiary/aromatic N) is 19. The zero-order chi connectivity index (χ0) is 85.5. The molecule has 0 radical (unpaired) electrons. The highest BCUT2D eigenvalue weighted by atomic mass is 19.1. The number of hydrogen-bond acceptors (Lipinski definition) is 23. The number of aryl methyl sites for hydroxylation is 7. The van der Waals surface area contributed by atoms with E-state index in [1.54, 1.807) is 79.9 Å². The second-order valence-corrected chi connectivity index (χ2v) is 33.7. The van der Waals surface area contributed by atoms with Gasteiger partial charge in [0.05, 0.1) is 58.8 Å². The van der Waals surface area contributed by atoms with Gasteiger partial charge in [-0.15, -0.1) is 0 Å². The topological polar surface area (TPSA) is 312 Å². The zero-order valence-corrected chi connectivity index (χ0v) is 70.4. The van der Waals surface area contributed by atoms with Gasteiger partial charge in [-0.3, -0.25) is 24.2 Å². The third-order valence-corrected chi connectivity index (χ3v) is 24.7. The molecule has 124 heavy (non-hydrogen) atoms. The van der Waals surface area contributed by atoms with Crippen molar-refractivity contribution in [1.29, 1.82) is 0 Å². The minimum atomic E-state index is -0.509. The third-order valence-electron chi connectivity index (χ3n) is 24.7. The van der Waals surface area contributed by atoms with Crippen LogP contribution in [0.1, 0.15) is 158 Å². The zero-order valence-electron chi connectivity index (χ0n) is 70.4. The molecule has 0 N–H and O–H groups in total. The predicted octanol–water partition coefficient (Wildman–Crippen LogP) is 14.9. The number of piperidine rings is 8. The lowest BCUT2D eigenvalue weighted by atomic mass is 9.77. The summed E-state index contributed by atoms with van der Waals surface area (Å²) < 4.78 is 38.2. The van der Waals surface area contributed by atoms with Crippen LogP contribution in [0, 0.1) is 78.0 Å². The minimum Gasteiger partial charge on any atom is -0.472 e. The Morgan fingerprint density at radius 3 is 1.10 bits per heavy atom. The van der Waals surface area contributed by atoms with E-state index in [-0.39, 0.29) is 72.2 Å². The molecule has 12 aliphatic rings. The van der Waals surface area contributed by atoms with E-state index in [1.807, 2.05) is 178 Å². The maximum atomic E-state index is 13.7. The van der Waals surface area contributed by atoms with E-state index in [1.165, 1.54) is 0 Å². The third kappa shape index (κ3) is 18.8. The van der Waals surface area contributed by atoms with Gasteiger partial charge in [-0.2, -0.15) is 0 Å². The first-order valence-corrected chi connectivity index (χ1v) is 42.8. The van der Waals surface area contributed by atoms with Gasteiger partial charge in [0.15, 0.2) is 29.1 Å². The summed E-state index contributed by atoms with van der Waals surface area (Å²) in [4.78, 5) is 128. The van der Waals surface area contributed by atoms with E-state index in [2.05, 4.69) is 74.8 Å². The quantitative estimate of drug-likeness (QED) is 0.0867. The van der Waals surface area contributed by atoms with E-state index >= 15 is 0 Å². The van der Waals surface area contributed by atoms with Crippen molar-refractivity contribution in [2.75, 3.05) is 26.2 Å². The molecular weight excluding hydrogens is 1570 g/mol. The van der Waals surface area contributed by atoms with Crippen molar-refractivity contribution < 1.29 is 42.5 Å². The fourth-order valence-corrected chi connectivity index (χ4v) is 18.6. The molecule has 28 heteroatoms. The number of aromatic nitrogens is 15. The molecule has 8 aliphatic heterocycles. The lowest BCUT2D eigenvalue weighted by Crippen LogP contribution is -2.59. The van der Waals surface area contributed by atoms with Crippen LogP contribution in [0.15, 0.2) is 202 Å². The number of ether oxygens (including phenoxy) is 4. The summed E-state index contributed by atoms with van der Waals surface area (Å²) >= 11 is 0. The Labute approximate surface area is 719 Å². The maximum absolute atomic E-state index is 13.7. The highest BCUT2D eigenvalue weighted by Gasteiger charge is 2.50.